The van der Waals surface area contributed by atoms with Crippen molar-refractivity contribution in [1.82, 2.24) is 0 Å². The van der Waals surface area contributed by atoms with Gasteiger partial charge in [0.05, 0.1) is 0 Å². The van der Waals surface area contributed by atoms with Crippen molar-refractivity contribution in [3.8, 4) is 6.07 Å². The van der Waals surface area contributed by atoms with E-state index < -0.39 is 29.6 Å². The van der Waals surface area contributed by atoms with Gasteiger partial charge in [-0.3, -0.25) is 0 Å². The van der Waals surface area contributed by atoms with E-state index in [4.69, 9.17) is 5.26 Å². The van der Waals surface area contributed by atoms with Gasteiger partial charge in [0.2, 0.25) is 0 Å². The standard InChI is InChI=1S/C7H2BF5N.K/c9-6-1-4(8(11,12)13)2-7(10)5(6)3-14;/h1-2H;/q-1;+1. The molecule has 0 atom stereocenters. The Morgan fingerprint density at radius 2 is 1.47 bits per heavy atom. The first kappa shape index (κ1) is 15.1. The first-order valence-electron chi connectivity index (χ1n) is 3.45. The van der Waals surface area contributed by atoms with Crippen molar-refractivity contribution in [1.29, 1.82) is 5.26 Å². The monoisotopic (exact) mass is 245 g/mol. The summed E-state index contributed by atoms with van der Waals surface area (Å²) in [5.41, 5.74) is -2.40. The second-order valence-corrected chi connectivity index (χ2v) is 2.55. The topological polar surface area (TPSA) is 23.8 Å². The van der Waals surface area contributed by atoms with Crippen LogP contribution in [0.25, 0.3) is 0 Å². The molecule has 1 nitrogen and oxygen atoms in total. The van der Waals surface area contributed by atoms with Gasteiger partial charge in [-0.15, -0.1) is 5.46 Å². The number of nitriles is 1. The molecule has 0 aliphatic heterocycles. The van der Waals surface area contributed by atoms with E-state index in [1.54, 1.807) is 0 Å². The fourth-order valence-electron chi connectivity index (χ4n) is 0.889. The average Bonchev–Trinajstić information content (AvgIpc) is 2.01. The third-order valence-electron chi connectivity index (χ3n) is 1.55. The molecule has 74 valence electrons. The average molecular weight is 245 g/mol. The first-order valence-corrected chi connectivity index (χ1v) is 3.45. The molecular formula is C7H2BF5KN. The zero-order valence-electron chi connectivity index (χ0n) is 7.57. The van der Waals surface area contributed by atoms with Gasteiger partial charge in [0.25, 0.3) is 0 Å². The van der Waals surface area contributed by atoms with Crippen molar-refractivity contribution in [2.45, 2.75) is 0 Å². The van der Waals surface area contributed by atoms with Crippen LogP contribution in [0.3, 0.4) is 0 Å². The molecule has 8 heteroatoms. The van der Waals surface area contributed by atoms with Crippen molar-refractivity contribution >= 4 is 12.4 Å². The molecule has 0 aliphatic rings. The van der Waals surface area contributed by atoms with Crippen LogP contribution >= 0.6 is 0 Å². The molecule has 0 N–H and O–H groups in total. The van der Waals surface area contributed by atoms with E-state index in [0.29, 0.717) is 0 Å². The van der Waals surface area contributed by atoms with Crippen molar-refractivity contribution in [2.75, 3.05) is 0 Å². The Kier molecular flexibility index (Phi) is 5.43. The molecule has 0 saturated carbocycles. The largest absolute Gasteiger partial charge is 1.00 e. The Morgan fingerprint density at radius 3 is 1.73 bits per heavy atom. The van der Waals surface area contributed by atoms with Crippen LogP contribution in [0.2, 0.25) is 0 Å². The van der Waals surface area contributed by atoms with Gasteiger partial charge in [-0.25, -0.2) is 8.78 Å². The summed E-state index contributed by atoms with van der Waals surface area (Å²) in [5.74, 6) is -3.00. The molecule has 0 amide bonds. The van der Waals surface area contributed by atoms with Gasteiger partial charge < -0.3 is 12.9 Å². The molecule has 0 saturated heterocycles. The van der Waals surface area contributed by atoms with Crippen molar-refractivity contribution in [3.63, 3.8) is 0 Å². The molecule has 1 aromatic rings. The number of rotatable bonds is 1. The number of halogens is 5. The van der Waals surface area contributed by atoms with E-state index >= 15 is 0 Å². The quantitative estimate of drug-likeness (QED) is 0.455. The minimum Gasteiger partial charge on any atom is -0.445 e. The summed E-state index contributed by atoms with van der Waals surface area (Å²) in [6, 6.07) is 1.36. The third-order valence-corrected chi connectivity index (χ3v) is 1.55. The van der Waals surface area contributed by atoms with Crippen LogP contribution in [0.15, 0.2) is 12.1 Å². The fourth-order valence-corrected chi connectivity index (χ4v) is 0.889. The van der Waals surface area contributed by atoms with Crippen LogP contribution in [-0.2, 0) is 0 Å². The van der Waals surface area contributed by atoms with Gasteiger partial charge in [0, 0.05) is 0 Å². The van der Waals surface area contributed by atoms with Crippen molar-refractivity contribution < 1.29 is 73.1 Å². The van der Waals surface area contributed by atoms with Crippen LogP contribution in [-0.4, -0.2) is 6.98 Å². The van der Waals surface area contributed by atoms with Crippen LogP contribution in [0.1, 0.15) is 5.56 Å². The Labute approximate surface area is 125 Å². The maximum atomic E-state index is 12.7. The van der Waals surface area contributed by atoms with Crippen LogP contribution < -0.4 is 56.8 Å². The molecule has 0 unspecified atom stereocenters. The Morgan fingerprint density at radius 1 is 1.07 bits per heavy atom. The van der Waals surface area contributed by atoms with Gasteiger partial charge >= 0.3 is 58.4 Å². The van der Waals surface area contributed by atoms with E-state index in [2.05, 4.69) is 0 Å². The normalized spacial score (nSPS) is 10.4. The number of benzene rings is 1. The molecule has 0 bridgehead atoms. The molecule has 0 radical (unpaired) electrons. The predicted molar refractivity (Wildman–Crippen MR) is 39.8 cm³/mol. The summed E-state index contributed by atoms with van der Waals surface area (Å²) < 4.78 is 61.5. The second kappa shape index (κ2) is 5.41. The van der Waals surface area contributed by atoms with Gasteiger partial charge in [0.1, 0.15) is 23.3 Å². The summed E-state index contributed by atoms with van der Waals surface area (Å²) in [6.45, 7) is -5.45. The van der Waals surface area contributed by atoms with Gasteiger partial charge in [0.15, 0.2) is 0 Å². The van der Waals surface area contributed by atoms with E-state index in [0.717, 1.165) is 6.07 Å². The van der Waals surface area contributed by atoms with Gasteiger partial charge in [-0.2, -0.15) is 5.26 Å². The SMILES string of the molecule is N#Cc1c(F)cc([B-](F)(F)F)cc1F.[K+]. The Bertz CT molecular complexity index is 388. The minimum atomic E-state index is -5.45. The molecule has 0 aliphatic carbocycles. The third kappa shape index (κ3) is 3.53. The number of hydrogen-bond acceptors (Lipinski definition) is 1. The Hall–Kier alpha value is 0.0613. The van der Waals surface area contributed by atoms with Crippen LogP contribution in [0, 0.1) is 23.0 Å². The number of nitrogens with zero attached hydrogens (tertiary/aromatic N) is 1. The van der Waals surface area contributed by atoms with E-state index in [1.165, 1.54) is 0 Å². The summed E-state index contributed by atoms with van der Waals surface area (Å²) >= 11 is 0. The maximum Gasteiger partial charge on any atom is 1.00 e. The molecule has 0 heterocycles. The summed E-state index contributed by atoms with van der Waals surface area (Å²) in [7, 11) is 0. The maximum absolute atomic E-state index is 12.7. The zero-order valence-corrected chi connectivity index (χ0v) is 10.7. The number of hydrogen-bond donors (Lipinski definition) is 0. The molecular weight excluding hydrogens is 243 g/mol. The summed E-state index contributed by atoms with van der Waals surface area (Å²) in [4.78, 5) is 0. The van der Waals surface area contributed by atoms with E-state index in [-0.39, 0.29) is 63.5 Å². The van der Waals surface area contributed by atoms with Crippen molar-refractivity contribution in [2.24, 2.45) is 0 Å². The van der Waals surface area contributed by atoms with Crippen molar-refractivity contribution in [3.05, 3.63) is 29.3 Å². The van der Waals surface area contributed by atoms with Gasteiger partial charge in [-0.05, 0) is 0 Å². The Balaban J connectivity index is 0.00000196. The smallest absolute Gasteiger partial charge is 0.445 e. The molecule has 0 fully saturated rings. The predicted octanol–water partition coefficient (Wildman–Crippen LogP) is -1.11. The molecule has 0 aromatic heterocycles. The minimum absolute atomic E-state index is 0. The van der Waals surface area contributed by atoms with E-state index in [9.17, 15) is 21.7 Å². The zero-order chi connectivity index (χ0) is 10.9. The molecule has 0 spiro atoms. The van der Waals surface area contributed by atoms with Crippen LogP contribution in [0.4, 0.5) is 21.7 Å². The van der Waals surface area contributed by atoms with E-state index in [1.807, 2.05) is 0 Å². The van der Waals surface area contributed by atoms with Crippen LogP contribution in [0.5, 0.6) is 0 Å². The summed E-state index contributed by atoms with van der Waals surface area (Å²) in [5, 5.41) is 8.19. The fraction of sp³-hybridized carbons (Fsp3) is 0. The van der Waals surface area contributed by atoms with Gasteiger partial charge in [-0.1, -0.05) is 12.1 Å². The first-order chi connectivity index (χ1) is 6.36. The molecule has 1 aromatic carbocycles. The molecule has 15 heavy (non-hydrogen) atoms. The summed E-state index contributed by atoms with van der Waals surface area (Å²) in [6.07, 6.45) is 0. The molecule has 1 rings (SSSR count). The second-order valence-electron chi connectivity index (χ2n) is 2.55.